The van der Waals surface area contributed by atoms with Crippen molar-refractivity contribution in [3.63, 3.8) is 0 Å². The number of carboxylic acids is 1. The van der Waals surface area contributed by atoms with Crippen molar-refractivity contribution in [3.8, 4) is 0 Å². The van der Waals surface area contributed by atoms with Gasteiger partial charge in [-0.1, -0.05) is 18.2 Å². The van der Waals surface area contributed by atoms with Crippen LogP contribution in [-0.4, -0.2) is 24.7 Å². The van der Waals surface area contributed by atoms with E-state index in [1.54, 1.807) is 11.9 Å². The number of likely N-dealkylation sites (N-methyl/N-ethyl adjacent to an activating group) is 1. The molecule has 0 saturated carbocycles. The maximum Gasteiger partial charge on any atom is 1.00 e. The van der Waals surface area contributed by atoms with Crippen LogP contribution in [0.3, 0.4) is 0 Å². The largest absolute Gasteiger partial charge is 1.00 e. The molecular formula is C9H12KNO2. The summed E-state index contributed by atoms with van der Waals surface area (Å²) in [5.74, 6) is -0.818. The van der Waals surface area contributed by atoms with E-state index in [0.29, 0.717) is 0 Å². The van der Waals surface area contributed by atoms with E-state index in [0.717, 1.165) is 5.69 Å². The van der Waals surface area contributed by atoms with Crippen LogP contribution in [0.1, 0.15) is 1.43 Å². The third-order valence-electron chi connectivity index (χ3n) is 1.57. The maximum atomic E-state index is 10.3. The van der Waals surface area contributed by atoms with Gasteiger partial charge in [0, 0.05) is 12.7 Å². The fraction of sp³-hybridized carbons (Fsp3) is 0.222. The molecule has 3 nitrogen and oxygen atoms in total. The SMILES string of the molecule is CN(CC(=O)O)c1ccccc1.[H-].[K+]. The van der Waals surface area contributed by atoms with Crippen molar-refractivity contribution in [3.05, 3.63) is 30.3 Å². The summed E-state index contributed by atoms with van der Waals surface area (Å²) in [4.78, 5) is 12.0. The molecule has 0 spiro atoms. The summed E-state index contributed by atoms with van der Waals surface area (Å²) < 4.78 is 0. The number of anilines is 1. The van der Waals surface area contributed by atoms with Gasteiger partial charge in [0.2, 0.25) is 0 Å². The Kier molecular flexibility index (Phi) is 6.62. The molecule has 4 heteroatoms. The quantitative estimate of drug-likeness (QED) is 0.600. The molecule has 0 amide bonds. The zero-order valence-electron chi connectivity index (χ0n) is 8.90. The van der Waals surface area contributed by atoms with Crippen LogP contribution in [0, 0.1) is 0 Å². The zero-order chi connectivity index (χ0) is 8.97. The van der Waals surface area contributed by atoms with Gasteiger partial charge in [-0.25, -0.2) is 0 Å². The van der Waals surface area contributed by atoms with Gasteiger partial charge in [-0.3, -0.25) is 4.79 Å². The average molecular weight is 205 g/mol. The number of carboxylic acid groups (broad SMARTS) is 1. The van der Waals surface area contributed by atoms with Crippen molar-refractivity contribution in [2.75, 3.05) is 18.5 Å². The van der Waals surface area contributed by atoms with Crippen molar-refractivity contribution in [1.82, 2.24) is 0 Å². The van der Waals surface area contributed by atoms with Crippen molar-refractivity contribution >= 4 is 11.7 Å². The Labute approximate surface area is 122 Å². The molecule has 0 bridgehead atoms. The van der Waals surface area contributed by atoms with Crippen LogP contribution in [0.25, 0.3) is 0 Å². The molecule has 0 radical (unpaired) electrons. The minimum Gasteiger partial charge on any atom is -1.00 e. The number of hydrogen-bond donors (Lipinski definition) is 1. The van der Waals surface area contributed by atoms with Crippen LogP contribution >= 0.6 is 0 Å². The Morgan fingerprint density at radius 1 is 1.46 bits per heavy atom. The molecule has 0 aliphatic carbocycles. The Balaban J connectivity index is 0. The number of benzene rings is 1. The Morgan fingerprint density at radius 2 is 2.00 bits per heavy atom. The predicted molar refractivity (Wildman–Crippen MR) is 48.5 cm³/mol. The zero-order valence-corrected chi connectivity index (χ0v) is 11.0. The van der Waals surface area contributed by atoms with Crippen LogP contribution < -0.4 is 56.3 Å². The van der Waals surface area contributed by atoms with E-state index in [9.17, 15) is 4.79 Å². The number of rotatable bonds is 3. The van der Waals surface area contributed by atoms with Gasteiger partial charge in [-0.2, -0.15) is 0 Å². The smallest absolute Gasteiger partial charge is 1.00 e. The molecule has 1 N–H and O–H groups in total. The summed E-state index contributed by atoms with van der Waals surface area (Å²) >= 11 is 0. The van der Waals surface area contributed by atoms with Gasteiger partial charge in [-0.15, -0.1) is 0 Å². The van der Waals surface area contributed by atoms with Crippen LogP contribution in [0.2, 0.25) is 0 Å². The number of aliphatic carboxylic acids is 1. The van der Waals surface area contributed by atoms with Gasteiger partial charge >= 0.3 is 57.4 Å². The predicted octanol–water partition coefficient (Wildman–Crippen LogP) is -1.68. The van der Waals surface area contributed by atoms with Crippen molar-refractivity contribution in [2.24, 2.45) is 0 Å². The standard InChI is InChI=1S/C9H11NO2.K.H/c1-10(7-9(11)12)8-5-3-2-4-6-8;;/h2-6H,7H2,1H3,(H,11,12);;/q;+1;-1. The number of para-hydroxylation sites is 1. The molecule has 0 aliphatic heterocycles. The third-order valence-corrected chi connectivity index (χ3v) is 1.57. The maximum absolute atomic E-state index is 10.3. The first-order valence-electron chi connectivity index (χ1n) is 3.68. The topological polar surface area (TPSA) is 40.5 Å². The summed E-state index contributed by atoms with van der Waals surface area (Å²) in [6, 6.07) is 9.42. The van der Waals surface area contributed by atoms with Crippen LogP contribution in [0.5, 0.6) is 0 Å². The molecule has 13 heavy (non-hydrogen) atoms. The summed E-state index contributed by atoms with van der Waals surface area (Å²) in [7, 11) is 1.75. The average Bonchev–Trinajstić information content (AvgIpc) is 2.05. The second-order valence-corrected chi connectivity index (χ2v) is 2.59. The van der Waals surface area contributed by atoms with Crippen molar-refractivity contribution in [2.45, 2.75) is 0 Å². The first kappa shape index (κ1) is 13.1. The van der Waals surface area contributed by atoms with Gasteiger partial charge in [0.15, 0.2) is 0 Å². The summed E-state index contributed by atoms with van der Waals surface area (Å²) in [5.41, 5.74) is 0.917. The Morgan fingerprint density at radius 3 is 2.46 bits per heavy atom. The van der Waals surface area contributed by atoms with Crippen LogP contribution in [0.4, 0.5) is 5.69 Å². The molecule has 0 unspecified atom stereocenters. The van der Waals surface area contributed by atoms with E-state index in [-0.39, 0.29) is 59.4 Å². The van der Waals surface area contributed by atoms with E-state index in [4.69, 9.17) is 5.11 Å². The molecule has 1 rings (SSSR count). The second-order valence-electron chi connectivity index (χ2n) is 2.59. The van der Waals surface area contributed by atoms with Gasteiger partial charge in [-0.05, 0) is 12.1 Å². The fourth-order valence-electron chi connectivity index (χ4n) is 0.977. The van der Waals surface area contributed by atoms with Gasteiger partial charge < -0.3 is 11.4 Å². The Hall–Kier alpha value is 0.126. The van der Waals surface area contributed by atoms with Crippen molar-refractivity contribution < 1.29 is 62.7 Å². The van der Waals surface area contributed by atoms with Crippen molar-refractivity contribution in [1.29, 1.82) is 0 Å². The minimum absolute atomic E-state index is 0. The van der Waals surface area contributed by atoms with E-state index in [2.05, 4.69) is 0 Å². The molecule has 1 aromatic carbocycles. The fourth-order valence-corrected chi connectivity index (χ4v) is 0.977. The molecule has 1 aromatic rings. The van der Waals surface area contributed by atoms with E-state index < -0.39 is 5.97 Å². The third kappa shape index (κ3) is 4.78. The molecule has 0 atom stereocenters. The minimum atomic E-state index is -0.818. The number of hydrogen-bond acceptors (Lipinski definition) is 2. The van der Waals surface area contributed by atoms with E-state index in [1.807, 2.05) is 30.3 Å². The Bertz CT molecular complexity index is 269. The molecule has 0 saturated heterocycles. The summed E-state index contributed by atoms with van der Waals surface area (Å²) in [6.45, 7) is 0.0318. The number of carbonyl (C=O) groups is 1. The molecule has 0 fully saturated rings. The van der Waals surface area contributed by atoms with Gasteiger partial charge in [0.25, 0.3) is 0 Å². The summed E-state index contributed by atoms with van der Waals surface area (Å²) in [6.07, 6.45) is 0. The molecule has 0 aliphatic rings. The summed E-state index contributed by atoms with van der Waals surface area (Å²) in [5, 5.41) is 8.50. The molecular weight excluding hydrogens is 193 g/mol. The second kappa shape index (κ2) is 6.56. The normalized spacial score (nSPS) is 8.69. The van der Waals surface area contributed by atoms with Crippen LogP contribution in [-0.2, 0) is 4.79 Å². The van der Waals surface area contributed by atoms with E-state index in [1.165, 1.54) is 0 Å². The first-order valence-corrected chi connectivity index (χ1v) is 3.68. The molecule has 0 heterocycles. The monoisotopic (exact) mass is 205 g/mol. The van der Waals surface area contributed by atoms with E-state index >= 15 is 0 Å². The first-order chi connectivity index (χ1) is 5.70. The van der Waals surface area contributed by atoms with Crippen LogP contribution in [0.15, 0.2) is 30.3 Å². The van der Waals surface area contributed by atoms with Gasteiger partial charge in [0.1, 0.15) is 6.54 Å². The molecule has 66 valence electrons. The molecule has 0 aromatic heterocycles. The number of nitrogens with zero attached hydrogens (tertiary/aromatic N) is 1. The van der Waals surface area contributed by atoms with Gasteiger partial charge in [0.05, 0.1) is 0 Å².